The summed E-state index contributed by atoms with van der Waals surface area (Å²) in [6.45, 7) is 7.21. The van der Waals surface area contributed by atoms with Crippen molar-refractivity contribution in [3.63, 3.8) is 0 Å². The summed E-state index contributed by atoms with van der Waals surface area (Å²) in [7, 11) is -3.28. The molecule has 0 aliphatic carbocycles. The second-order valence-corrected chi connectivity index (χ2v) is 8.67. The summed E-state index contributed by atoms with van der Waals surface area (Å²) in [5.74, 6) is 0. The fourth-order valence-corrected chi connectivity index (χ4v) is 6.78. The highest BCUT2D eigenvalue weighted by molar-refractivity contribution is 7.55. The van der Waals surface area contributed by atoms with E-state index in [0.29, 0.717) is 26.2 Å². The van der Waals surface area contributed by atoms with Gasteiger partial charge in [-0.2, -0.15) is 0 Å². The van der Waals surface area contributed by atoms with Gasteiger partial charge in [0, 0.05) is 0 Å². The first kappa shape index (κ1) is 18.1. The minimum Gasteiger partial charge on any atom is -0.361 e. The number of benzene rings is 1. The quantitative estimate of drug-likeness (QED) is 0.673. The van der Waals surface area contributed by atoms with Crippen molar-refractivity contribution in [1.29, 1.82) is 0 Å². The highest BCUT2D eigenvalue weighted by Crippen LogP contribution is 2.69. The van der Waals surface area contributed by atoms with Crippen LogP contribution < -0.4 is 0 Å². The molecule has 2 aliphatic rings. The van der Waals surface area contributed by atoms with Crippen molar-refractivity contribution in [3.8, 4) is 0 Å². The molecule has 2 heterocycles. The molecule has 3 atom stereocenters. The lowest BCUT2D eigenvalue weighted by molar-refractivity contribution is 0.0254. The lowest BCUT2D eigenvalue weighted by atomic mass is 10.0. The van der Waals surface area contributed by atoms with Crippen LogP contribution in [0.1, 0.15) is 51.6 Å². The molecule has 24 heavy (non-hydrogen) atoms. The molecule has 0 amide bonds. The summed E-state index contributed by atoms with van der Waals surface area (Å²) in [6.07, 6.45) is 2.34. The van der Waals surface area contributed by atoms with Crippen LogP contribution in [0.4, 0.5) is 0 Å². The van der Waals surface area contributed by atoms with Crippen LogP contribution in [0.5, 0.6) is 0 Å². The molecular weight excluding hydrogens is 325 g/mol. The number of ether oxygens (including phenoxy) is 1. The third-order valence-electron chi connectivity index (χ3n) is 5.22. The van der Waals surface area contributed by atoms with Crippen LogP contribution in [-0.4, -0.2) is 36.2 Å². The van der Waals surface area contributed by atoms with Crippen LogP contribution in [0.25, 0.3) is 0 Å². The van der Waals surface area contributed by atoms with Gasteiger partial charge in [-0.1, -0.05) is 37.3 Å². The molecule has 0 bridgehead atoms. The highest BCUT2D eigenvalue weighted by atomic mass is 31.2. The topological polar surface area (TPSA) is 48.0 Å². The number of hydrogen-bond donors (Lipinski definition) is 0. The average Bonchev–Trinajstić information content (AvgIpc) is 3.17. The molecule has 0 aromatic heterocycles. The fourth-order valence-electron chi connectivity index (χ4n) is 4.21. The first-order chi connectivity index (χ1) is 11.6. The third-order valence-corrected chi connectivity index (χ3v) is 8.21. The Labute approximate surface area is 144 Å². The minimum absolute atomic E-state index is 0.00982. The summed E-state index contributed by atoms with van der Waals surface area (Å²) in [5, 5.41) is -0.610. The van der Waals surface area contributed by atoms with Crippen LogP contribution >= 0.6 is 7.60 Å². The number of rotatable bonds is 7. The Morgan fingerprint density at radius 3 is 2.46 bits per heavy atom. The van der Waals surface area contributed by atoms with E-state index in [1.807, 2.05) is 32.0 Å². The first-order valence-corrected chi connectivity index (χ1v) is 10.5. The molecule has 0 N–H and O–H groups in total. The van der Waals surface area contributed by atoms with Gasteiger partial charge in [-0.15, -0.1) is 0 Å². The van der Waals surface area contributed by atoms with Crippen molar-refractivity contribution in [3.05, 3.63) is 35.9 Å². The van der Waals surface area contributed by atoms with Crippen LogP contribution in [0, 0.1) is 0 Å². The van der Waals surface area contributed by atoms with Gasteiger partial charge in [-0.3, -0.25) is 9.46 Å². The van der Waals surface area contributed by atoms with E-state index in [1.54, 1.807) is 0 Å². The molecule has 2 aliphatic heterocycles. The fraction of sp³-hybridized carbons (Fsp3) is 0.667. The van der Waals surface area contributed by atoms with Gasteiger partial charge in [0.25, 0.3) is 0 Å². The van der Waals surface area contributed by atoms with Gasteiger partial charge in [-0.25, -0.2) is 0 Å². The molecule has 6 heteroatoms. The van der Waals surface area contributed by atoms with Crippen LogP contribution in [0.2, 0.25) is 0 Å². The normalized spacial score (nSPS) is 30.6. The van der Waals surface area contributed by atoms with Crippen molar-refractivity contribution in [1.82, 2.24) is 4.90 Å². The average molecular weight is 353 g/mol. The Hall–Kier alpha value is -0.710. The minimum atomic E-state index is -3.28. The molecular formula is C18H28NO4P. The molecule has 134 valence electrons. The maximum Gasteiger partial charge on any atom is 0.350 e. The van der Waals surface area contributed by atoms with Crippen molar-refractivity contribution >= 4 is 7.60 Å². The van der Waals surface area contributed by atoms with Gasteiger partial charge in [0.05, 0.1) is 25.9 Å². The van der Waals surface area contributed by atoms with E-state index < -0.39 is 12.9 Å². The summed E-state index contributed by atoms with van der Waals surface area (Å²) >= 11 is 0. The zero-order valence-electron chi connectivity index (χ0n) is 14.8. The lowest BCUT2D eigenvalue weighted by Gasteiger charge is -2.43. The van der Waals surface area contributed by atoms with Crippen molar-refractivity contribution < 1.29 is 18.3 Å². The number of hydrogen-bond acceptors (Lipinski definition) is 5. The molecule has 5 nitrogen and oxygen atoms in total. The maximum atomic E-state index is 13.7. The van der Waals surface area contributed by atoms with E-state index >= 15 is 0 Å². The number of nitrogens with zero attached hydrogens (tertiary/aromatic N) is 1. The zero-order valence-corrected chi connectivity index (χ0v) is 15.7. The van der Waals surface area contributed by atoms with Gasteiger partial charge < -0.3 is 13.8 Å². The number of fused-ring (bicyclic) bond motifs is 1. The Bertz CT molecular complexity index is 586. The first-order valence-electron chi connectivity index (χ1n) is 8.96. The second-order valence-electron chi connectivity index (χ2n) is 6.33. The monoisotopic (exact) mass is 353 g/mol. The van der Waals surface area contributed by atoms with E-state index in [4.69, 9.17) is 13.8 Å². The molecule has 1 aromatic carbocycles. The molecule has 2 fully saturated rings. The molecule has 3 rings (SSSR count). The molecule has 0 saturated carbocycles. The zero-order chi connectivity index (χ0) is 17.2. The van der Waals surface area contributed by atoms with Crippen molar-refractivity contribution in [2.45, 2.75) is 57.6 Å². The van der Waals surface area contributed by atoms with Gasteiger partial charge in [0.1, 0.15) is 11.5 Å². The SMILES string of the molecule is CCOP(=O)(OCC)[C@@]1(CC)CC[C@@H]2OC[C@@H](c3ccccc3)N21. The molecule has 0 spiro atoms. The highest BCUT2D eigenvalue weighted by Gasteiger charge is 2.63. The molecule has 1 aromatic rings. The van der Waals surface area contributed by atoms with Crippen molar-refractivity contribution in [2.24, 2.45) is 0 Å². The summed E-state index contributed by atoms with van der Waals surface area (Å²) in [4.78, 5) is 2.29. The third kappa shape index (κ3) is 2.77. The summed E-state index contributed by atoms with van der Waals surface area (Å²) in [6, 6.07) is 10.4. The van der Waals surface area contributed by atoms with E-state index in [0.717, 1.165) is 12.8 Å². The Balaban J connectivity index is 2.02. The smallest absolute Gasteiger partial charge is 0.350 e. The van der Waals surface area contributed by atoms with E-state index in [-0.39, 0.29) is 12.3 Å². The van der Waals surface area contributed by atoms with Gasteiger partial charge in [0.2, 0.25) is 0 Å². The molecule has 2 saturated heterocycles. The van der Waals surface area contributed by atoms with Crippen LogP contribution in [-0.2, 0) is 18.3 Å². The van der Waals surface area contributed by atoms with Gasteiger partial charge in [-0.05, 0) is 38.7 Å². The van der Waals surface area contributed by atoms with Gasteiger partial charge in [0.15, 0.2) is 0 Å². The molecule has 0 radical (unpaired) electrons. The predicted octanol–water partition coefficient (Wildman–Crippen LogP) is 4.55. The summed E-state index contributed by atoms with van der Waals surface area (Å²) in [5.41, 5.74) is 1.19. The van der Waals surface area contributed by atoms with Crippen LogP contribution in [0.3, 0.4) is 0 Å². The van der Waals surface area contributed by atoms with E-state index in [2.05, 4.69) is 24.0 Å². The largest absolute Gasteiger partial charge is 0.361 e. The Morgan fingerprint density at radius 1 is 1.21 bits per heavy atom. The van der Waals surface area contributed by atoms with Crippen LogP contribution in [0.15, 0.2) is 30.3 Å². The molecule has 0 unspecified atom stereocenters. The lowest BCUT2D eigenvalue weighted by Crippen LogP contribution is -2.46. The Morgan fingerprint density at radius 2 is 1.88 bits per heavy atom. The maximum absolute atomic E-state index is 13.7. The van der Waals surface area contributed by atoms with E-state index in [1.165, 1.54) is 5.56 Å². The van der Waals surface area contributed by atoms with Crippen molar-refractivity contribution in [2.75, 3.05) is 19.8 Å². The second kappa shape index (κ2) is 7.27. The standard InChI is InChI=1S/C18H28NO4P/c1-4-18(24(20,22-5-2)23-6-3)13-12-17-19(18)16(14-21-17)15-10-8-7-9-11-15/h7-11,16-17H,4-6,12-14H2,1-3H3/t16-,17-,18-/m0/s1. The van der Waals surface area contributed by atoms with E-state index in [9.17, 15) is 4.57 Å². The predicted molar refractivity (Wildman–Crippen MR) is 93.9 cm³/mol. The van der Waals surface area contributed by atoms with Gasteiger partial charge >= 0.3 is 7.60 Å². The summed E-state index contributed by atoms with van der Waals surface area (Å²) < 4.78 is 31.3. The Kier molecular flexibility index (Phi) is 5.48.